The van der Waals surface area contributed by atoms with Crippen molar-refractivity contribution in [3.63, 3.8) is 0 Å². The third-order valence-electron chi connectivity index (χ3n) is 0.942. The van der Waals surface area contributed by atoms with Gasteiger partial charge in [-0.15, -0.1) is 0 Å². The van der Waals surface area contributed by atoms with E-state index in [1.165, 1.54) is 12.1 Å². The second-order valence-corrected chi connectivity index (χ2v) is 1.77. The molecule has 9 heavy (non-hydrogen) atoms. The summed E-state index contributed by atoms with van der Waals surface area (Å²) in [4.78, 5) is 0. The number of phenolic OH excluding ortho intramolecular Hbond substituents is 1. The zero-order valence-corrected chi connectivity index (χ0v) is 5.51. The van der Waals surface area contributed by atoms with Gasteiger partial charge in [-0.25, -0.2) is 0 Å². The van der Waals surface area contributed by atoms with Crippen LogP contribution in [0, 0.1) is 0 Å². The zero-order valence-electron chi connectivity index (χ0n) is 4.61. The van der Waals surface area contributed by atoms with Crippen LogP contribution in [0.15, 0.2) is 24.3 Å². The molecule has 3 heteroatoms. The Bertz CT molecular complexity index is 183. The van der Waals surface area contributed by atoms with Gasteiger partial charge in [0.15, 0.2) is 0 Å². The van der Waals surface area contributed by atoms with Gasteiger partial charge in [-0.1, -0.05) is 0 Å². The van der Waals surface area contributed by atoms with Crippen LogP contribution in [0.3, 0.4) is 0 Å². The molecule has 0 saturated carbocycles. The van der Waals surface area contributed by atoms with Gasteiger partial charge in [-0.05, 0) is 24.3 Å². The van der Waals surface area contributed by atoms with E-state index in [9.17, 15) is 0 Å². The van der Waals surface area contributed by atoms with Gasteiger partial charge < -0.3 is 9.29 Å². The number of thiol groups is 1. The van der Waals surface area contributed by atoms with Gasteiger partial charge in [-0.2, -0.15) is 0 Å². The maximum atomic E-state index is 8.77. The van der Waals surface area contributed by atoms with Crippen LogP contribution in [0.5, 0.6) is 11.5 Å². The fourth-order valence-corrected chi connectivity index (χ4v) is 0.629. The summed E-state index contributed by atoms with van der Waals surface area (Å²) >= 11 is 3.56. The van der Waals surface area contributed by atoms with Crippen LogP contribution in [-0.2, 0) is 0 Å². The Balaban J connectivity index is 2.88. The lowest BCUT2D eigenvalue weighted by molar-refractivity contribution is 0.474. The maximum absolute atomic E-state index is 8.77. The predicted molar refractivity (Wildman–Crippen MR) is 37.7 cm³/mol. The summed E-state index contributed by atoms with van der Waals surface area (Å²) in [5.74, 6) is 0.847. The summed E-state index contributed by atoms with van der Waals surface area (Å²) in [5.41, 5.74) is 0. The predicted octanol–water partition coefficient (Wildman–Crippen LogP) is 1.62. The van der Waals surface area contributed by atoms with Crippen molar-refractivity contribution in [3.8, 4) is 11.5 Å². The lowest BCUT2D eigenvalue weighted by atomic mass is 10.3. The van der Waals surface area contributed by atoms with Crippen molar-refractivity contribution in [1.29, 1.82) is 0 Å². The maximum Gasteiger partial charge on any atom is 0.137 e. The molecule has 0 aromatic heterocycles. The number of hydrogen-bond acceptors (Lipinski definition) is 3. The second kappa shape index (κ2) is 2.64. The molecule has 0 unspecified atom stereocenters. The van der Waals surface area contributed by atoms with Crippen molar-refractivity contribution in [1.82, 2.24) is 0 Å². The molecule has 1 rings (SSSR count). The van der Waals surface area contributed by atoms with Gasteiger partial charge in [0.2, 0.25) is 0 Å². The molecule has 0 aliphatic rings. The smallest absolute Gasteiger partial charge is 0.137 e. The van der Waals surface area contributed by atoms with E-state index in [0.717, 1.165) is 0 Å². The summed E-state index contributed by atoms with van der Waals surface area (Å²) in [6.45, 7) is 0. The van der Waals surface area contributed by atoms with E-state index in [2.05, 4.69) is 17.1 Å². The van der Waals surface area contributed by atoms with Crippen molar-refractivity contribution in [3.05, 3.63) is 24.3 Å². The molecule has 0 atom stereocenters. The van der Waals surface area contributed by atoms with Gasteiger partial charge in [0.25, 0.3) is 0 Å². The third-order valence-corrected chi connectivity index (χ3v) is 1.15. The Labute approximate surface area is 58.7 Å². The molecule has 0 heterocycles. The molecule has 0 aliphatic heterocycles. The molecule has 0 saturated heterocycles. The first-order chi connectivity index (χ1) is 4.33. The van der Waals surface area contributed by atoms with Gasteiger partial charge >= 0.3 is 0 Å². The molecule has 2 nitrogen and oxygen atoms in total. The lowest BCUT2D eigenvalue weighted by Crippen LogP contribution is -1.71. The fraction of sp³-hybridized carbons (Fsp3) is 0. The standard InChI is InChI=1S/C6H6O2S/c7-5-1-3-6(8-9)4-2-5/h1-4,7,9H. The van der Waals surface area contributed by atoms with E-state index in [0.29, 0.717) is 5.75 Å². The summed E-state index contributed by atoms with van der Waals surface area (Å²) in [5, 5.41) is 8.77. The van der Waals surface area contributed by atoms with Crippen LogP contribution in [-0.4, -0.2) is 5.11 Å². The van der Waals surface area contributed by atoms with E-state index in [1.807, 2.05) is 0 Å². The normalized spacial score (nSPS) is 9.00. The third kappa shape index (κ3) is 1.54. The van der Waals surface area contributed by atoms with Crippen LogP contribution in [0.25, 0.3) is 0 Å². The number of rotatable bonds is 1. The SMILES string of the molecule is Oc1ccc(OS)cc1. The van der Waals surface area contributed by atoms with Gasteiger partial charge in [-0.3, -0.25) is 0 Å². The minimum Gasteiger partial charge on any atom is -0.508 e. The van der Waals surface area contributed by atoms with E-state index < -0.39 is 0 Å². The first kappa shape index (κ1) is 6.29. The van der Waals surface area contributed by atoms with Crippen LogP contribution >= 0.6 is 12.9 Å². The summed E-state index contributed by atoms with van der Waals surface area (Å²) in [7, 11) is 0. The van der Waals surface area contributed by atoms with Crippen molar-refractivity contribution in [2.75, 3.05) is 0 Å². The van der Waals surface area contributed by atoms with Crippen molar-refractivity contribution >= 4 is 12.9 Å². The number of aromatic hydroxyl groups is 1. The summed E-state index contributed by atoms with van der Waals surface area (Å²) < 4.78 is 4.55. The molecule has 48 valence electrons. The van der Waals surface area contributed by atoms with Crippen LogP contribution in [0.4, 0.5) is 0 Å². The average molecular weight is 142 g/mol. The molecule has 0 spiro atoms. The molecule has 0 fully saturated rings. The van der Waals surface area contributed by atoms with Crippen LogP contribution in [0.1, 0.15) is 0 Å². The molecular formula is C6H6O2S. The highest BCUT2D eigenvalue weighted by molar-refractivity contribution is 7.75. The van der Waals surface area contributed by atoms with Crippen molar-refractivity contribution in [2.24, 2.45) is 0 Å². The molecule has 0 radical (unpaired) electrons. The zero-order chi connectivity index (χ0) is 6.69. The highest BCUT2D eigenvalue weighted by Gasteiger charge is 1.88. The molecule has 1 N–H and O–H groups in total. The van der Waals surface area contributed by atoms with Crippen LogP contribution < -0.4 is 4.18 Å². The van der Waals surface area contributed by atoms with E-state index >= 15 is 0 Å². The summed E-state index contributed by atoms with van der Waals surface area (Å²) in [6.07, 6.45) is 0. The molecule has 0 aliphatic carbocycles. The van der Waals surface area contributed by atoms with Gasteiger partial charge in [0, 0.05) is 12.9 Å². The Morgan fingerprint density at radius 1 is 1.22 bits per heavy atom. The number of benzene rings is 1. The van der Waals surface area contributed by atoms with E-state index in [1.54, 1.807) is 12.1 Å². The minimum atomic E-state index is 0.226. The Morgan fingerprint density at radius 3 is 2.22 bits per heavy atom. The van der Waals surface area contributed by atoms with Crippen molar-refractivity contribution in [2.45, 2.75) is 0 Å². The summed E-state index contributed by atoms with van der Waals surface area (Å²) in [6, 6.07) is 6.32. The highest BCUT2D eigenvalue weighted by atomic mass is 32.1. The minimum absolute atomic E-state index is 0.226. The Kier molecular flexibility index (Phi) is 1.85. The molecule has 0 amide bonds. The lowest BCUT2D eigenvalue weighted by Gasteiger charge is -1.94. The Hall–Kier alpha value is -0.830. The first-order valence-corrected chi connectivity index (χ1v) is 2.80. The average Bonchev–Trinajstić information content (AvgIpc) is 1.90. The fourth-order valence-electron chi connectivity index (χ4n) is 0.507. The molecule has 1 aromatic rings. The number of phenols is 1. The van der Waals surface area contributed by atoms with Crippen molar-refractivity contribution < 1.29 is 9.29 Å². The van der Waals surface area contributed by atoms with E-state index in [4.69, 9.17) is 5.11 Å². The molecule has 0 bridgehead atoms. The molecular weight excluding hydrogens is 136 g/mol. The largest absolute Gasteiger partial charge is 0.508 e. The monoisotopic (exact) mass is 142 g/mol. The van der Waals surface area contributed by atoms with Crippen LogP contribution in [0.2, 0.25) is 0 Å². The molecule has 1 aromatic carbocycles. The quantitative estimate of drug-likeness (QED) is 0.461. The first-order valence-electron chi connectivity index (χ1n) is 2.43. The van der Waals surface area contributed by atoms with Gasteiger partial charge in [0.05, 0.1) is 0 Å². The Morgan fingerprint density at radius 2 is 1.78 bits per heavy atom. The topological polar surface area (TPSA) is 29.5 Å². The highest BCUT2D eigenvalue weighted by Crippen LogP contribution is 2.16. The second-order valence-electron chi connectivity index (χ2n) is 1.59. The van der Waals surface area contributed by atoms with E-state index in [-0.39, 0.29) is 5.75 Å². The number of hydrogen-bond donors (Lipinski definition) is 2. The van der Waals surface area contributed by atoms with Gasteiger partial charge in [0.1, 0.15) is 11.5 Å².